The van der Waals surface area contributed by atoms with Crippen LogP contribution < -0.4 is 15.4 Å². The minimum absolute atomic E-state index is 0.0986. The van der Waals surface area contributed by atoms with E-state index in [1.807, 2.05) is 14.0 Å². The molecule has 0 fully saturated rings. The van der Waals surface area contributed by atoms with Gasteiger partial charge in [-0.1, -0.05) is 20.8 Å². The Hall–Kier alpha value is -1.45. The van der Waals surface area contributed by atoms with Crippen molar-refractivity contribution >= 4 is 11.4 Å². The van der Waals surface area contributed by atoms with E-state index < -0.39 is 5.82 Å². The Balaban J connectivity index is 3.15. The van der Waals surface area contributed by atoms with Gasteiger partial charge in [-0.3, -0.25) is 0 Å². The van der Waals surface area contributed by atoms with Gasteiger partial charge in [0.05, 0.1) is 18.0 Å². The van der Waals surface area contributed by atoms with Crippen LogP contribution in [0.2, 0.25) is 0 Å². The summed E-state index contributed by atoms with van der Waals surface area (Å²) >= 11 is 0. The average Bonchev–Trinajstić information content (AvgIpc) is 2.29. The van der Waals surface area contributed by atoms with Crippen molar-refractivity contribution in [2.75, 3.05) is 24.3 Å². The molecule has 1 rings (SSSR count). The molecule has 1 aromatic rings. The Kier molecular flexibility index (Phi) is 4.66. The number of nitrogen functional groups attached to an aromatic ring is 1. The normalized spacial score (nSPS) is 13.2. The molecule has 108 valence electrons. The molecule has 0 aliphatic heterocycles. The SMILES string of the molecule is CCOc1cc(N(C)C(C)C(C)(C)C)c(N)cc1F. The molecule has 0 heterocycles. The summed E-state index contributed by atoms with van der Waals surface area (Å²) in [4.78, 5) is 2.07. The summed E-state index contributed by atoms with van der Waals surface area (Å²) in [6.07, 6.45) is 0. The van der Waals surface area contributed by atoms with Crippen molar-refractivity contribution in [3.8, 4) is 5.75 Å². The maximum atomic E-state index is 13.7. The Morgan fingerprint density at radius 2 is 1.95 bits per heavy atom. The summed E-state index contributed by atoms with van der Waals surface area (Å²) in [7, 11) is 1.97. The maximum Gasteiger partial charge on any atom is 0.167 e. The van der Waals surface area contributed by atoms with E-state index in [-0.39, 0.29) is 17.2 Å². The first-order valence-corrected chi connectivity index (χ1v) is 6.63. The number of rotatable bonds is 4. The Morgan fingerprint density at radius 3 is 2.42 bits per heavy atom. The number of benzene rings is 1. The van der Waals surface area contributed by atoms with E-state index in [1.54, 1.807) is 6.07 Å². The Morgan fingerprint density at radius 1 is 1.37 bits per heavy atom. The summed E-state index contributed by atoms with van der Waals surface area (Å²) < 4.78 is 19.0. The molecule has 2 N–H and O–H groups in total. The third-order valence-corrected chi connectivity index (χ3v) is 3.60. The molecule has 19 heavy (non-hydrogen) atoms. The predicted molar refractivity (Wildman–Crippen MR) is 79.3 cm³/mol. The third-order valence-electron chi connectivity index (χ3n) is 3.60. The molecule has 0 saturated heterocycles. The first-order chi connectivity index (χ1) is 8.68. The van der Waals surface area contributed by atoms with E-state index in [2.05, 4.69) is 32.6 Å². The molecule has 1 unspecified atom stereocenters. The van der Waals surface area contributed by atoms with E-state index in [4.69, 9.17) is 10.5 Å². The van der Waals surface area contributed by atoms with Crippen molar-refractivity contribution in [2.45, 2.75) is 40.7 Å². The second-order valence-electron chi connectivity index (χ2n) is 5.93. The van der Waals surface area contributed by atoms with Gasteiger partial charge in [-0.15, -0.1) is 0 Å². The summed E-state index contributed by atoms with van der Waals surface area (Å²) in [5, 5.41) is 0. The van der Waals surface area contributed by atoms with E-state index in [0.717, 1.165) is 5.69 Å². The van der Waals surface area contributed by atoms with Gasteiger partial charge in [0.25, 0.3) is 0 Å². The first kappa shape index (κ1) is 15.6. The second kappa shape index (κ2) is 5.68. The number of anilines is 2. The number of halogens is 1. The molecule has 0 aliphatic carbocycles. The lowest BCUT2D eigenvalue weighted by molar-refractivity contribution is 0.319. The molecule has 1 atom stereocenters. The quantitative estimate of drug-likeness (QED) is 0.847. The minimum atomic E-state index is -0.417. The van der Waals surface area contributed by atoms with Crippen molar-refractivity contribution in [3.05, 3.63) is 17.9 Å². The second-order valence-corrected chi connectivity index (χ2v) is 5.93. The van der Waals surface area contributed by atoms with Crippen LogP contribution in [0.4, 0.5) is 15.8 Å². The van der Waals surface area contributed by atoms with Gasteiger partial charge in [0, 0.05) is 25.2 Å². The molecular formula is C15H25FN2O. The van der Waals surface area contributed by atoms with Crippen LogP contribution in [0.1, 0.15) is 34.6 Å². The van der Waals surface area contributed by atoms with Crippen LogP contribution in [-0.4, -0.2) is 19.7 Å². The van der Waals surface area contributed by atoms with Crippen LogP contribution in [0.5, 0.6) is 5.75 Å². The summed E-state index contributed by atoms with van der Waals surface area (Å²) in [6, 6.07) is 3.26. The molecule has 3 nitrogen and oxygen atoms in total. The van der Waals surface area contributed by atoms with Gasteiger partial charge in [0.2, 0.25) is 0 Å². The summed E-state index contributed by atoms with van der Waals surface area (Å²) in [5.41, 5.74) is 7.26. The van der Waals surface area contributed by atoms with Gasteiger partial charge in [-0.2, -0.15) is 0 Å². The van der Waals surface area contributed by atoms with E-state index in [9.17, 15) is 4.39 Å². The smallest absolute Gasteiger partial charge is 0.167 e. The van der Waals surface area contributed by atoms with Crippen LogP contribution in [-0.2, 0) is 0 Å². The van der Waals surface area contributed by atoms with Crippen molar-refractivity contribution in [2.24, 2.45) is 5.41 Å². The fourth-order valence-corrected chi connectivity index (χ4v) is 1.92. The fraction of sp³-hybridized carbons (Fsp3) is 0.600. The van der Waals surface area contributed by atoms with Crippen molar-refractivity contribution in [1.29, 1.82) is 0 Å². The maximum absolute atomic E-state index is 13.7. The zero-order valence-electron chi connectivity index (χ0n) is 12.7. The first-order valence-electron chi connectivity index (χ1n) is 6.63. The molecule has 0 bridgehead atoms. The topological polar surface area (TPSA) is 38.5 Å². The lowest BCUT2D eigenvalue weighted by Gasteiger charge is -2.37. The highest BCUT2D eigenvalue weighted by molar-refractivity contribution is 5.70. The minimum Gasteiger partial charge on any atom is -0.491 e. The Labute approximate surface area is 115 Å². The number of ether oxygens (including phenoxy) is 1. The zero-order valence-corrected chi connectivity index (χ0v) is 12.7. The van der Waals surface area contributed by atoms with Gasteiger partial charge in [0.15, 0.2) is 11.6 Å². The van der Waals surface area contributed by atoms with Gasteiger partial charge in [-0.25, -0.2) is 4.39 Å². The third kappa shape index (κ3) is 3.52. The van der Waals surface area contributed by atoms with Crippen LogP contribution in [0.3, 0.4) is 0 Å². The molecule has 0 radical (unpaired) electrons. The average molecular weight is 268 g/mol. The number of nitrogens with two attached hydrogens (primary N) is 1. The van der Waals surface area contributed by atoms with Crippen LogP contribution in [0.15, 0.2) is 12.1 Å². The molecule has 0 aliphatic rings. The molecule has 0 amide bonds. The molecule has 0 aromatic heterocycles. The van der Waals surface area contributed by atoms with E-state index in [1.165, 1.54) is 6.07 Å². The van der Waals surface area contributed by atoms with E-state index in [0.29, 0.717) is 12.3 Å². The highest BCUT2D eigenvalue weighted by atomic mass is 19.1. The molecule has 4 heteroatoms. The number of hydrogen-bond acceptors (Lipinski definition) is 3. The molecule has 0 spiro atoms. The summed E-state index contributed by atoms with van der Waals surface area (Å²) in [5.74, 6) is -0.167. The van der Waals surface area contributed by atoms with Crippen LogP contribution in [0.25, 0.3) is 0 Å². The highest BCUT2D eigenvalue weighted by Gasteiger charge is 2.26. The van der Waals surface area contributed by atoms with E-state index >= 15 is 0 Å². The Bertz CT molecular complexity index is 441. The highest BCUT2D eigenvalue weighted by Crippen LogP contribution is 2.34. The predicted octanol–water partition coefficient (Wildman–Crippen LogP) is 3.68. The summed E-state index contributed by atoms with van der Waals surface area (Å²) in [6.45, 7) is 10.9. The van der Waals surface area contributed by atoms with Crippen molar-refractivity contribution in [3.63, 3.8) is 0 Å². The lowest BCUT2D eigenvalue weighted by Crippen LogP contribution is -2.39. The van der Waals surface area contributed by atoms with Gasteiger partial charge >= 0.3 is 0 Å². The van der Waals surface area contributed by atoms with Crippen LogP contribution in [0, 0.1) is 11.2 Å². The molecule has 0 saturated carbocycles. The van der Waals surface area contributed by atoms with Gasteiger partial charge < -0.3 is 15.4 Å². The number of nitrogens with zero attached hydrogens (tertiary/aromatic N) is 1. The monoisotopic (exact) mass is 268 g/mol. The fourth-order valence-electron chi connectivity index (χ4n) is 1.92. The van der Waals surface area contributed by atoms with Crippen molar-refractivity contribution < 1.29 is 9.13 Å². The number of hydrogen-bond donors (Lipinski definition) is 1. The zero-order chi connectivity index (χ0) is 14.8. The molecular weight excluding hydrogens is 243 g/mol. The van der Waals surface area contributed by atoms with Crippen molar-refractivity contribution in [1.82, 2.24) is 0 Å². The van der Waals surface area contributed by atoms with Gasteiger partial charge in [-0.05, 0) is 19.3 Å². The van der Waals surface area contributed by atoms with Gasteiger partial charge in [0.1, 0.15) is 0 Å². The standard InChI is InChI=1S/C15H25FN2O/c1-7-19-14-9-13(12(17)8-11(14)16)18(6)10(2)15(3,4)5/h8-10H,7,17H2,1-6H3. The largest absolute Gasteiger partial charge is 0.491 e. The van der Waals surface area contributed by atoms with Crippen LogP contribution >= 0.6 is 0 Å². The lowest BCUT2D eigenvalue weighted by atomic mass is 9.87. The molecule has 1 aromatic carbocycles.